The Morgan fingerprint density at radius 1 is 1.11 bits per heavy atom. The lowest BCUT2D eigenvalue weighted by Crippen LogP contribution is -2.31. The SMILES string of the molecule is COc1ccc(C(O)=C2C(=O)C(=O)N(CCCO)C2c2ccc(Br)cc2)cc1. The standard InChI is InChI=1S/C21H20BrNO5/c1-28-16-9-5-14(6-10-16)19(25)17-18(13-3-7-15(22)8-4-13)23(11-2-12-24)21(27)20(17)26/h3-10,18,24-25H,2,11-12H2,1H3. The van der Waals surface area contributed by atoms with Crippen LogP contribution in [-0.4, -0.2) is 47.1 Å². The maximum atomic E-state index is 12.8. The molecule has 1 unspecified atom stereocenters. The molecule has 0 aromatic heterocycles. The first kappa shape index (κ1) is 20.1. The number of Topliss-reactive ketones (excluding diaryl/α,β-unsaturated/α-hetero) is 1. The van der Waals surface area contributed by atoms with Crippen molar-refractivity contribution >= 4 is 33.4 Å². The van der Waals surface area contributed by atoms with E-state index in [1.165, 1.54) is 12.0 Å². The predicted octanol–water partition coefficient (Wildman–Crippen LogP) is 3.26. The number of carbonyl (C=O) groups is 2. The Balaban J connectivity index is 2.12. The van der Waals surface area contributed by atoms with E-state index in [1.54, 1.807) is 36.4 Å². The summed E-state index contributed by atoms with van der Waals surface area (Å²) in [4.78, 5) is 26.8. The van der Waals surface area contributed by atoms with Crippen LogP contribution in [-0.2, 0) is 9.59 Å². The number of benzene rings is 2. The van der Waals surface area contributed by atoms with Gasteiger partial charge in [0.1, 0.15) is 11.5 Å². The topological polar surface area (TPSA) is 87.1 Å². The van der Waals surface area contributed by atoms with Crippen LogP contribution in [0.15, 0.2) is 58.6 Å². The Morgan fingerprint density at radius 2 is 1.75 bits per heavy atom. The van der Waals surface area contributed by atoms with Crippen molar-refractivity contribution in [2.45, 2.75) is 12.5 Å². The number of hydrogen-bond donors (Lipinski definition) is 2. The third-order valence-electron chi connectivity index (χ3n) is 4.65. The van der Waals surface area contributed by atoms with Gasteiger partial charge in [-0.2, -0.15) is 0 Å². The maximum absolute atomic E-state index is 12.8. The summed E-state index contributed by atoms with van der Waals surface area (Å²) in [6.07, 6.45) is 0.336. The normalized spacial score (nSPS) is 18.5. The number of carbonyl (C=O) groups excluding carboxylic acids is 2. The van der Waals surface area contributed by atoms with E-state index in [-0.39, 0.29) is 24.5 Å². The fourth-order valence-electron chi connectivity index (χ4n) is 3.25. The molecule has 1 aliphatic rings. The van der Waals surface area contributed by atoms with Crippen LogP contribution in [0.4, 0.5) is 0 Å². The summed E-state index contributed by atoms with van der Waals surface area (Å²) in [5.74, 6) is -1.04. The lowest BCUT2D eigenvalue weighted by molar-refractivity contribution is -0.140. The second-order valence-corrected chi connectivity index (χ2v) is 7.27. The molecule has 1 saturated heterocycles. The molecule has 1 aliphatic heterocycles. The Kier molecular flexibility index (Phi) is 6.16. The highest BCUT2D eigenvalue weighted by molar-refractivity contribution is 9.10. The quantitative estimate of drug-likeness (QED) is 0.404. The number of amides is 1. The highest BCUT2D eigenvalue weighted by Crippen LogP contribution is 2.39. The Labute approximate surface area is 171 Å². The first-order valence-electron chi connectivity index (χ1n) is 8.77. The van der Waals surface area contributed by atoms with E-state index >= 15 is 0 Å². The molecule has 1 atom stereocenters. The van der Waals surface area contributed by atoms with Crippen molar-refractivity contribution in [1.82, 2.24) is 4.90 Å². The molecule has 2 N–H and O–H groups in total. The molecule has 0 aliphatic carbocycles. The highest BCUT2D eigenvalue weighted by Gasteiger charge is 2.45. The van der Waals surface area contributed by atoms with Gasteiger partial charge in [0.2, 0.25) is 0 Å². The third kappa shape index (κ3) is 3.81. The van der Waals surface area contributed by atoms with Gasteiger partial charge in [-0.25, -0.2) is 0 Å². The van der Waals surface area contributed by atoms with E-state index in [0.717, 1.165) is 4.47 Å². The van der Waals surface area contributed by atoms with Crippen molar-refractivity contribution in [3.8, 4) is 5.75 Å². The van der Waals surface area contributed by atoms with Crippen LogP contribution in [0.5, 0.6) is 5.75 Å². The monoisotopic (exact) mass is 445 g/mol. The molecule has 0 saturated carbocycles. The molecule has 0 bridgehead atoms. The molecule has 0 spiro atoms. The largest absolute Gasteiger partial charge is 0.507 e. The Bertz CT molecular complexity index is 905. The van der Waals surface area contributed by atoms with Crippen LogP contribution < -0.4 is 4.74 Å². The van der Waals surface area contributed by atoms with Gasteiger partial charge in [0, 0.05) is 23.2 Å². The number of ether oxygens (including phenoxy) is 1. The first-order chi connectivity index (χ1) is 13.5. The smallest absolute Gasteiger partial charge is 0.295 e. The fraction of sp³-hybridized carbons (Fsp3) is 0.238. The first-order valence-corrected chi connectivity index (χ1v) is 9.56. The van der Waals surface area contributed by atoms with Crippen molar-refractivity contribution < 1.29 is 24.5 Å². The van der Waals surface area contributed by atoms with Crippen LogP contribution in [0.3, 0.4) is 0 Å². The minimum absolute atomic E-state index is 0.0374. The lowest BCUT2D eigenvalue weighted by atomic mass is 9.95. The second kappa shape index (κ2) is 8.58. The minimum atomic E-state index is -0.737. The van der Waals surface area contributed by atoms with E-state index in [9.17, 15) is 19.8 Å². The molecule has 6 nitrogen and oxygen atoms in total. The van der Waals surface area contributed by atoms with Gasteiger partial charge < -0.3 is 19.8 Å². The summed E-state index contributed by atoms with van der Waals surface area (Å²) in [6.45, 7) is 0.107. The van der Waals surface area contributed by atoms with Crippen molar-refractivity contribution in [1.29, 1.82) is 0 Å². The second-order valence-electron chi connectivity index (χ2n) is 6.35. The van der Waals surface area contributed by atoms with Gasteiger partial charge in [-0.05, 0) is 48.4 Å². The zero-order chi connectivity index (χ0) is 20.3. The number of nitrogens with zero attached hydrogens (tertiary/aromatic N) is 1. The molecule has 3 rings (SSSR count). The van der Waals surface area contributed by atoms with Crippen LogP contribution >= 0.6 is 15.9 Å². The van der Waals surface area contributed by atoms with Gasteiger partial charge in [-0.15, -0.1) is 0 Å². The molecule has 0 radical (unpaired) electrons. The number of halogens is 1. The third-order valence-corrected chi connectivity index (χ3v) is 5.17. The number of rotatable bonds is 6. The molecular formula is C21H20BrNO5. The van der Waals surface area contributed by atoms with Crippen molar-refractivity contribution in [2.75, 3.05) is 20.3 Å². The number of hydrogen-bond acceptors (Lipinski definition) is 5. The molecule has 146 valence electrons. The van der Waals surface area contributed by atoms with E-state index in [1.807, 2.05) is 12.1 Å². The number of methoxy groups -OCH3 is 1. The minimum Gasteiger partial charge on any atom is -0.507 e. The lowest BCUT2D eigenvalue weighted by Gasteiger charge is -2.25. The molecule has 1 fully saturated rings. The van der Waals surface area contributed by atoms with Crippen LogP contribution in [0.1, 0.15) is 23.6 Å². The van der Waals surface area contributed by atoms with Crippen molar-refractivity contribution in [3.63, 3.8) is 0 Å². The maximum Gasteiger partial charge on any atom is 0.295 e. The summed E-state index contributed by atoms with van der Waals surface area (Å²) < 4.78 is 5.98. The summed E-state index contributed by atoms with van der Waals surface area (Å²) in [6, 6.07) is 13.1. The van der Waals surface area contributed by atoms with Gasteiger partial charge in [-0.3, -0.25) is 9.59 Å². The van der Waals surface area contributed by atoms with Crippen molar-refractivity contribution in [2.24, 2.45) is 0 Å². The van der Waals surface area contributed by atoms with E-state index in [4.69, 9.17) is 4.74 Å². The Hall–Kier alpha value is -2.64. The fourth-order valence-corrected chi connectivity index (χ4v) is 3.51. The highest BCUT2D eigenvalue weighted by atomic mass is 79.9. The van der Waals surface area contributed by atoms with Crippen LogP contribution in [0, 0.1) is 0 Å². The molecule has 7 heteroatoms. The number of aliphatic hydroxyl groups is 2. The van der Waals surface area contributed by atoms with E-state index in [0.29, 0.717) is 23.3 Å². The van der Waals surface area contributed by atoms with Crippen molar-refractivity contribution in [3.05, 3.63) is 69.7 Å². The number of ketones is 1. The molecule has 2 aromatic carbocycles. The molecule has 2 aromatic rings. The molecule has 1 heterocycles. The summed E-state index contributed by atoms with van der Waals surface area (Å²) in [7, 11) is 1.54. The summed E-state index contributed by atoms with van der Waals surface area (Å²) in [5.41, 5.74) is 1.16. The Morgan fingerprint density at radius 3 is 2.32 bits per heavy atom. The molecular weight excluding hydrogens is 426 g/mol. The molecule has 28 heavy (non-hydrogen) atoms. The van der Waals surface area contributed by atoms with Gasteiger partial charge in [0.25, 0.3) is 11.7 Å². The van der Waals surface area contributed by atoms with Gasteiger partial charge in [0.15, 0.2) is 0 Å². The average Bonchev–Trinajstić information content (AvgIpc) is 2.97. The van der Waals surface area contributed by atoms with Gasteiger partial charge in [-0.1, -0.05) is 28.1 Å². The predicted molar refractivity (Wildman–Crippen MR) is 108 cm³/mol. The summed E-state index contributed by atoms with van der Waals surface area (Å²) >= 11 is 3.38. The zero-order valence-corrected chi connectivity index (χ0v) is 16.8. The number of likely N-dealkylation sites (tertiary alicyclic amines) is 1. The average molecular weight is 446 g/mol. The molecule has 1 amide bonds. The van der Waals surface area contributed by atoms with E-state index in [2.05, 4.69) is 15.9 Å². The summed E-state index contributed by atoms with van der Waals surface area (Å²) in [5, 5.41) is 20.1. The van der Waals surface area contributed by atoms with Gasteiger partial charge >= 0.3 is 0 Å². The van der Waals surface area contributed by atoms with E-state index < -0.39 is 17.7 Å². The van der Waals surface area contributed by atoms with Crippen LogP contribution in [0.25, 0.3) is 5.76 Å². The van der Waals surface area contributed by atoms with Gasteiger partial charge in [0.05, 0.1) is 18.7 Å². The van der Waals surface area contributed by atoms with Crippen LogP contribution in [0.2, 0.25) is 0 Å². The zero-order valence-electron chi connectivity index (χ0n) is 15.3. The number of aliphatic hydroxyl groups excluding tert-OH is 2.